The van der Waals surface area contributed by atoms with Crippen LogP contribution in [0.4, 0.5) is 18.9 Å². The highest BCUT2D eigenvalue weighted by Crippen LogP contribution is 2.38. The Kier molecular flexibility index (Phi) is 7.14. The highest BCUT2D eigenvalue weighted by molar-refractivity contribution is 6.23. The second-order valence-corrected chi connectivity index (χ2v) is 7.21. The second kappa shape index (κ2) is 9.86. The number of carbonyl (C=O) groups is 2. The van der Waals surface area contributed by atoms with Crippen LogP contribution in [0.3, 0.4) is 0 Å². The molecule has 0 fully saturated rings. The fraction of sp³-hybridized carbons (Fsp3) is 0.200. The lowest BCUT2D eigenvalue weighted by molar-refractivity contribution is -0.137. The zero-order chi connectivity index (χ0) is 25.0. The van der Waals surface area contributed by atoms with Crippen LogP contribution in [0.1, 0.15) is 18.1 Å². The monoisotopic (exact) mass is 473 g/mol. The van der Waals surface area contributed by atoms with E-state index in [1.54, 1.807) is 24.3 Å². The van der Waals surface area contributed by atoms with Crippen molar-refractivity contribution < 1.29 is 37.0 Å². The van der Waals surface area contributed by atoms with E-state index in [0.717, 1.165) is 24.1 Å². The number of benzene rings is 2. The van der Waals surface area contributed by atoms with Crippen molar-refractivity contribution >= 4 is 23.6 Å². The third-order valence-electron chi connectivity index (χ3n) is 5.08. The maximum Gasteiger partial charge on any atom is 0.416 e. The highest BCUT2D eigenvalue weighted by Gasteiger charge is 2.39. The van der Waals surface area contributed by atoms with Crippen LogP contribution in [-0.2, 0) is 20.5 Å². The van der Waals surface area contributed by atoms with Crippen LogP contribution in [0.25, 0.3) is 6.08 Å². The number of hydrogen-bond donors (Lipinski definition) is 0. The standard InChI is InChI=1S/C25H22F3NO5/c1-5-11-34-20-10-9-16(13-21(20)32-3)12-19-22(24(31)33-4)15(2)29(23(19)30)18-8-6-7-17(14-18)25(26,27)28/h5-10,12-14H,1,11H2,2-4H3/b19-12-. The summed E-state index contributed by atoms with van der Waals surface area (Å²) in [4.78, 5) is 26.9. The molecule has 0 bridgehead atoms. The zero-order valence-electron chi connectivity index (χ0n) is 18.7. The summed E-state index contributed by atoms with van der Waals surface area (Å²) in [7, 11) is 2.61. The first-order chi connectivity index (χ1) is 16.1. The normalized spacial score (nSPS) is 15.1. The predicted octanol–water partition coefficient (Wildman–Crippen LogP) is 5.16. The lowest BCUT2D eigenvalue weighted by Crippen LogP contribution is -2.24. The fourth-order valence-electron chi connectivity index (χ4n) is 3.52. The molecule has 1 aliphatic heterocycles. The maximum absolute atomic E-state index is 13.3. The number of allylic oxidation sites excluding steroid dienone is 1. The van der Waals surface area contributed by atoms with Gasteiger partial charge in [0.05, 0.1) is 30.9 Å². The Hall–Kier alpha value is -4.01. The molecule has 1 aliphatic rings. The number of esters is 1. The predicted molar refractivity (Wildman–Crippen MR) is 120 cm³/mol. The number of amides is 1. The van der Waals surface area contributed by atoms with Crippen molar-refractivity contribution in [2.75, 3.05) is 25.7 Å². The Bertz CT molecular complexity index is 1200. The molecule has 1 amide bonds. The van der Waals surface area contributed by atoms with Gasteiger partial charge in [-0.1, -0.05) is 24.8 Å². The molecule has 0 saturated heterocycles. The first-order valence-corrected chi connectivity index (χ1v) is 10.1. The van der Waals surface area contributed by atoms with E-state index in [-0.39, 0.29) is 29.1 Å². The zero-order valence-corrected chi connectivity index (χ0v) is 18.7. The Labute approximate surface area is 194 Å². The molecule has 9 heteroatoms. The van der Waals surface area contributed by atoms with E-state index >= 15 is 0 Å². The molecule has 0 atom stereocenters. The number of halogens is 3. The van der Waals surface area contributed by atoms with Crippen LogP contribution in [0.2, 0.25) is 0 Å². The minimum absolute atomic E-state index is 0.0205. The second-order valence-electron chi connectivity index (χ2n) is 7.21. The highest BCUT2D eigenvalue weighted by atomic mass is 19.4. The topological polar surface area (TPSA) is 65.1 Å². The van der Waals surface area contributed by atoms with Crippen molar-refractivity contribution in [3.8, 4) is 11.5 Å². The molecule has 0 radical (unpaired) electrons. The maximum atomic E-state index is 13.3. The van der Waals surface area contributed by atoms with Gasteiger partial charge in [-0.25, -0.2) is 4.79 Å². The lowest BCUT2D eigenvalue weighted by atomic mass is 10.0. The van der Waals surface area contributed by atoms with E-state index in [1.807, 2.05) is 0 Å². The van der Waals surface area contributed by atoms with Gasteiger partial charge in [0.15, 0.2) is 11.5 Å². The van der Waals surface area contributed by atoms with E-state index in [2.05, 4.69) is 6.58 Å². The van der Waals surface area contributed by atoms with Gasteiger partial charge < -0.3 is 14.2 Å². The van der Waals surface area contributed by atoms with E-state index in [9.17, 15) is 22.8 Å². The summed E-state index contributed by atoms with van der Waals surface area (Å²) in [6.45, 7) is 5.32. The van der Waals surface area contributed by atoms with E-state index in [4.69, 9.17) is 14.2 Å². The molecule has 6 nitrogen and oxygen atoms in total. The van der Waals surface area contributed by atoms with Crippen LogP contribution in [-0.4, -0.2) is 32.7 Å². The summed E-state index contributed by atoms with van der Waals surface area (Å²) in [5, 5.41) is 0. The number of methoxy groups -OCH3 is 2. The number of nitrogens with zero attached hydrogens (tertiary/aromatic N) is 1. The summed E-state index contributed by atoms with van der Waals surface area (Å²) in [6, 6.07) is 9.22. The molecule has 2 aromatic carbocycles. The van der Waals surface area contributed by atoms with Crippen LogP contribution in [0.15, 0.2) is 72.0 Å². The van der Waals surface area contributed by atoms with Gasteiger partial charge in [0.2, 0.25) is 0 Å². The Morgan fingerprint density at radius 3 is 2.47 bits per heavy atom. The van der Waals surface area contributed by atoms with Gasteiger partial charge >= 0.3 is 12.1 Å². The van der Waals surface area contributed by atoms with Crippen molar-refractivity contribution in [2.24, 2.45) is 0 Å². The van der Waals surface area contributed by atoms with E-state index in [0.29, 0.717) is 17.1 Å². The number of alkyl halides is 3. The van der Waals surface area contributed by atoms with Gasteiger partial charge in [-0.3, -0.25) is 9.69 Å². The van der Waals surface area contributed by atoms with Crippen molar-refractivity contribution in [1.82, 2.24) is 0 Å². The van der Waals surface area contributed by atoms with Crippen molar-refractivity contribution in [3.63, 3.8) is 0 Å². The third kappa shape index (κ3) is 4.83. The van der Waals surface area contributed by atoms with E-state index < -0.39 is 23.6 Å². The van der Waals surface area contributed by atoms with Crippen molar-refractivity contribution in [3.05, 3.63) is 83.1 Å². The van der Waals surface area contributed by atoms with E-state index in [1.165, 1.54) is 32.2 Å². The van der Waals surface area contributed by atoms with Gasteiger partial charge in [0.1, 0.15) is 6.61 Å². The number of hydrogen-bond acceptors (Lipinski definition) is 5. The number of rotatable bonds is 7. The first kappa shape index (κ1) is 24.6. The van der Waals surface area contributed by atoms with Crippen LogP contribution < -0.4 is 14.4 Å². The molecule has 0 aromatic heterocycles. The van der Waals surface area contributed by atoms with Gasteiger partial charge in [-0.2, -0.15) is 13.2 Å². The van der Waals surface area contributed by atoms with Crippen LogP contribution in [0, 0.1) is 0 Å². The van der Waals surface area contributed by atoms with Gasteiger partial charge in [0.25, 0.3) is 5.91 Å². The largest absolute Gasteiger partial charge is 0.493 e. The molecule has 0 N–H and O–H groups in total. The Morgan fingerprint density at radius 2 is 1.85 bits per heavy atom. The lowest BCUT2D eigenvalue weighted by Gasteiger charge is -2.19. The van der Waals surface area contributed by atoms with Gasteiger partial charge in [-0.05, 0) is 48.9 Å². The number of carbonyl (C=O) groups excluding carboxylic acids is 2. The molecule has 3 rings (SSSR count). The summed E-state index contributed by atoms with van der Waals surface area (Å²) in [6.07, 6.45) is -1.57. The smallest absolute Gasteiger partial charge is 0.416 e. The fourth-order valence-corrected chi connectivity index (χ4v) is 3.52. The summed E-state index contributed by atoms with van der Waals surface area (Å²) < 4.78 is 55.4. The molecule has 2 aromatic rings. The molecule has 0 saturated carbocycles. The number of ether oxygens (including phenoxy) is 3. The Balaban J connectivity index is 2.10. The van der Waals surface area contributed by atoms with Crippen LogP contribution in [0.5, 0.6) is 11.5 Å². The van der Waals surface area contributed by atoms with Gasteiger partial charge in [-0.15, -0.1) is 0 Å². The summed E-state index contributed by atoms with van der Waals surface area (Å²) in [5.74, 6) is -0.614. The molecular weight excluding hydrogens is 451 g/mol. The third-order valence-corrected chi connectivity index (χ3v) is 5.08. The van der Waals surface area contributed by atoms with Crippen LogP contribution >= 0.6 is 0 Å². The molecular formula is C25H22F3NO5. The average Bonchev–Trinajstić information content (AvgIpc) is 3.06. The van der Waals surface area contributed by atoms with Crippen molar-refractivity contribution in [1.29, 1.82) is 0 Å². The minimum atomic E-state index is -4.59. The first-order valence-electron chi connectivity index (χ1n) is 10.1. The average molecular weight is 473 g/mol. The molecule has 0 aliphatic carbocycles. The van der Waals surface area contributed by atoms with Crippen molar-refractivity contribution in [2.45, 2.75) is 13.1 Å². The quantitative estimate of drug-likeness (QED) is 0.316. The molecule has 0 unspecified atom stereocenters. The molecule has 1 heterocycles. The summed E-state index contributed by atoms with van der Waals surface area (Å²) in [5.41, 5.74) is -0.346. The molecule has 34 heavy (non-hydrogen) atoms. The SMILES string of the molecule is C=CCOc1ccc(/C=C2\C(=O)N(c3cccc(C(F)(F)F)c3)C(C)=C2C(=O)OC)cc1OC. The Morgan fingerprint density at radius 1 is 1.12 bits per heavy atom. The summed E-state index contributed by atoms with van der Waals surface area (Å²) >= 11 is 0. The molecule has 0 spiro atoms. The van der Waals surface area contributed by atoms with Gasteiger partial charge in [0, 0.05) is 11.4 Å². The molecule has 178 valence electrons. The number of anilines is 1. The minimum Gasteiger partial charge on any atom is -0.493 e.